The molecule has 0 radical (unpaired) electrons. The van der Waals surface area contributed by atoms with E-state index in [4.69, 9.17) is 11.5 Å². The van der Waals surface area contributed by atoms with Crippen LogP contribution in [0.3, 0.4) is 0 Å². The first-order valence-corrected chi connectivity index (χ1v) is 9.48. The standard InChI is InChI=1S/C13H16N6.C6H13N/c1-3-9-7-15-13(14)16-11(9)12-10(6-8-4-5-8)19(2)18-17-12;7-6-4-2-1-3-5-6/h3,7-8H,1,4-6H2,2H3,(H2,14,15,16);6H,1-5,7H2. The summed E-state index contributed by atoms with van der Waals surface area (Å²) in [5.41, 5.74) is 14.7. The zero-order valence-electron chi connectivity index (χ0n) is 15.6. The lowest BCUT2D eigenvalue weighted by Crippen LogP contribution is -2.22. The average Bonchev–Trinajstić information content (AvgIpc) is 3.39. The zero-order chi connectivity index (χ0) is 18.5. The van der Waals surface area contributed by atoms with Gasteiger partial charge < -0.3 is 11.5 Å². The van der Waals surface area contributed by atoms with Crippen LogP contribution in [0.25, 0.3) is 17.5 Å². The second kappa shape index (κ2) is 8.40. The van der Waals surface area contributed by atoms with E-state index in [1.807, 2.05) is 11.7 Å². The molecular formula is C19H29N7. The van der Waals surface area contributed by atoms with E-state index < -0.39 is 0 Å². The maximum Gasteiger partial charge on any atom is 0.220 e. The summed E-state index contributed by atoms with van der Waals surface area (Å²) in [7, 11) is 1.91. The van der Waals surface area contributed by atoms with Gasteiger partial charge in [0.25, 0.3) is 0 Å². The molecule has 0 amide bonds. The molecule has 2 aromatic rings. The number of aryl methyl sites for hydroxylation is 1. The SMILES string of the molecule is C=Cc1cnc(N)nc1-c1nnn(C)c1CC1CC1.NC1CCCCC1. The van der Waals surface area contributed by atoms with Crippen molar-refractivity contribution in [3.63, 3.8) is 0 Å². The minimum Gasteiger partial charge on any atom is -0.368 e. The highest BCUT2D eigenvalue weighted by molar-refractivity contribution is 5.70. The number of nitrogens with two attached hydrogens (primary N) is 2. The highest BCUT2D eigenvalue weighted by Gasteiger charge is 2.26. The molecule has 4 N–H and O–H groups in total. The van der Waals surface area contributed by atoms with Crippen LogP contribution in [0.5, 0.6) is 0 Å². The van der Waals surface area contributed by atoms with Crippen molar-refractivity contribution >= 4 is 12.0 Å². The van der Waals surface area contributed by atoms with Crippen LogP contribution in [-0.4, -0.2) is 31.0 Å². The normalized spacial score (nSPS) is 17.5. The van der Waals surface area contributed by atoms with Crippen LogP contribution in [-0.2, 0) is 13.5 Å². The minimum atomic E-state index is 0.239. The molecule has 0 spiro atoms. The third-order valence-electron chi connectivity index (χ3n) is 5.05. The van der Waals surface area contributed by atoms with Crippen LogP contribution >= 0.6 is 0 Å². The molecule has 0 saturated heterocycles. The number of nitrogen functional groups attached to an aromatic ring is 1. The van der Waals surface area contributed by atoms with E-state index in [2.05, 4.69) is 26.9 Å². The fourth-order valence-corrected chi connectivity index (χ4v) is 3.26. The number of hydrogen-bond acceptors (Lipinski definition) is 6. The van der Waals surface area contributed by atoms with Gasteiger partial charge in [-0.2, -0.15) is 0 Å². The summed E-state index contributed by atoms with van der Waals surface area (Å²) in [5, 5.41) is 8.35. The molecule has 2 aromatic heterocycles. The summed E-state index contributed by atoms with van der Waals surface area (Å²) in [6.07, 6.45) is 13.6. The smallest absolute Gasteiger partial charge is 0.220 e. The number of nitrogens with zero attached hydrogens (tertiary/aromatic N) is 5. The van der Waals surface area contributed by atoms with Crippen LogP contribution in [0, 0.1) is 5.92 Å². The van der Waals surface area contributed by atoms with E-state index in [1.54, 1.807) is 12.3 Å². The van der Waals surface area contributed by atoms with E-state index in [9.17, 15) is 0 Å². The van der Waals surface area contributed by atoms with Gasteiger partial charge in [0.05, 0.1) is 5.69 Å². The van der Waals surface area contributed by atoms with E-state index in [0.717, 1.165) is 29.3 Å². The van der Waals surface area contributed by atoms with Gasteiger partial charge in [-0.05, 0) is 38.0 Å². The molecule has 2 fully saturated rings. The third-order valence-corrected chi connectivity index (χ3v) is 5.05. The molecule has 2 saturated carbocycles. The topological polar surface area (TPSA) is 109 Å². The first-order valence-electron chi connectivity index (χ1n) is 9.48. The Morgan fingerprint density at radius 1 is 1.19 bits per heavy atom. The molecule has 26 heavy (non-hydrogen) atoms. The van der Waals surface area contributed by atoms with Gasteiger partial charge >= 0.3 is 0 Å². The monoisotopic (exact) mass is 355 g/mol. The van der Waals surface area contributed by atoms with Crippen molar-refractivity contribution in [2.24, 2.45) is 18.7 Å². The quantitative estimate of drug-likeness (QED) is 0.873. The molecule has 0 unspecified atom stereocenters. The summed E-state index contributed by atoms with van der Waals surface area (Å²) in [5.74, 6) is 0.992. The maximum absolute atomic E-state index is 5.68. The van der Waals surface area contributed by atoms with Gasteiger partial charge in [-0.15, -0.1) is 5.10 Å². The Balaban J connectivity index is 0.000000236. The molecule has 0 aromatic carbocycles. The van der Waals surface area contributed by atoms with Crippen molar-refractivity contribution in [2.75, 3.05) is 5.73 Å². The predicted octanol–water partition coefficient (Wildman–Crippen LogP) is 2.73. The number of rotatable bonds is 4. The molecule has 7 nitrogen and oxygen atoms in total. The molecule has 0 bridgehead atoms. The lowest BCUT2D eigenvalue weighted by Gasteiger charge is -2.15. The van der Waals surface area contributed by atoms with Crippen LogP contribution in [0.1, 0.15) is 56.2 Å². The third kappa shape index (κ3) is 4.66. The van der Waals surface area contributed by atoms with Crippen molar-refractivity contribution in [1.82, 2.24) is 25.0 Å². The van der Waals surface area contributed by atoms with Crippen molar-refractivity contribution in [1.29, 1.82) is 0 Å². The first kappa shape index (κ1) is 18.5. The molecule has 0 aliphatic heterocycles. The molecule has 140 valence electrons. The second-order valence-corrected chi connectivity index (χ2v) is 7.29. The molecule has 2 heterocycles. The maximum atomic E-state index is 5.68. The highest BCUT2D eigenvalue weighted by Crippen LogP contribution is 2.35. The lowest BCUT2D eigenvalue weighted by atomic mass is 9.97. The van der Waals surface area contributed by atoms with Gasteiger partial charge in [0.15, 0.2) is 0 Å². The Morgan fingerprint density at radius 2 is 1.92 bits per heavy atom. The lowest BCUT2D eigenvalue weighted by molar-refractivity contribution is 0.441. The van der Waals surface area contributed by atoms with E-state index in [1.165, 1.54) is 44.9 Å². The molecule has 7 heteroatoms. The van der Waals surface area contributed by atoms with Gasteiger partial charge in [-0.3, -0.25) is 4.68 Å². The fourth-order valence-electron chi connectivity index (χ4n) is 3.26. The molecule has 2 aliphatic carbocycles. The fraction of sp³-hybridized carbons (Fsp3) is 0.579. The Morgan fingerprint density at radius 3 is 2.50 bits per heavy atom. The predicted molar refractivity (Wildman–Crippen MR) is 104 cm³/mol. The van der Waals surface area contributed by atoms with Crippen molar-refractivity contribution < 1.29 is 0 Å². The summed E-state index contributed by atoms with van der Waals surface area (Å²) >= 11 is 0. The van der Waals surface area contributed by atoms with E-state index in [0.29, 0.717) is 11.7 Å². The van der Waals surface area contributed by atoms with Crippen molar-refractivity contribution in [3.05, 3.63) is 24.0 Å². The average molecular weight is 355 g/mol. The van der Waals surface area contributed by atoms with Crippen LogP contribution < -0.4 is 11.5 Å². The Bertz CT molecular complexity index is 742. The van der Waals surface area contributed by atoms with Gasteiger partial charge in [0, 0.05) is 24.8 Å². The molecule has 4 rings (SSSR count). The highest BCUT2D eigenvalue weighted by atomic mass is 15.4. The number of hydrogen-bond donors (Lipinski definition) is 2. The largest absolute Gasteiger partial charge is 0.368 e. The first-order chi connectivity index (χ1) is 12.6. The van der Waals surface area contributed by atoms with E-state index in [-0.39, 0.29) is 5.95 Å². The van der Waals surface area contributed by atoms with Gasteiger partial charge in [0.2, 0.25) is 5.95 Å². The van der Waals surface area contributed by atoms with Crippen LogP contribution in [0.15, 0.2) is 12.8 Å². The summed E-state index contributed by atoms with van der Waals surface area (Å²) < 4.78 is 1.82. The van der Waals surface area contributed by atoms with Crippen LogP contribution in [0.4, 0.5) is 5.95 Å². The molecule has 2 aliphatic rings. The summed E-state index contributed by atoms with van der Waals surface area (Å²) in [6.45, 7) is 3.78. The van der Waals surface area contributed by atoms with Crippen molar-refractivity contribution in [2.45, 2.75) is 57.4 Å². The molecule has 0 atom stereocenters. The summed E-state index contributed by atoms with van der Waals surface area (Å²) in [6, 6.07) is 0.536. The Kier molecular flexibility index (Phi) is 5.98. The van der Waals surface area contributed by atoms with Crippen LogP contribution in [0.2, 0.25) is 0 Å². The Hall–Kier alpha value is -2.28. The number of anilines is 1. The second-order valence-electron chi connectivity index (χ2n) is 7.29. The van der Waals surface area contributed by atoms with Gasteiger partial charge in [0.1, 0.15) is 11.4 Å². The van der Waals surface area contributed by atoms with Crippen molar-refractivity contribution in [3.8, 4) is 11.4 Å². The summed E-state index contributed by atoms with van der Waals surface area (Å²) in [4.78, 5) is 8.28. The van der Waals surface area contributed by atoms with Gasteiger partial charge in [-0.25, -0.2) is 9.97 Å². The molecular weight excluding hydrogens is 326 g/mol. The van der Waals surface area contributed by atoms with Gasteiger partial charge in [-0.1, -0.05) is 37.1 Å². The zero-order valence-corrected chi connectivity index (χ0v) is 15.6. The minimum absolute atomic E-state index is 0.239. The Labute approximate surface area is 154 Å². The van der Waals surface area contributed by atoms with E-state index >= 15 is 0 Å². The number of aromatic nitrogens is 5.